The lowest BCUT2D eigenvalue weighted by Gasteiger charge is -2.42. The number of methoxy groups -OCH3 is 1. The third kappa shape index (κ3) is 3.17. The Hall–Kier alpha value is -1.84. The highest BCUT2D eigenvalue weighted by Crippen LogP contribution is 2.43. The lowest BCUT2D eigenvalue weighted by atomic mass is 10.00. The second-order valence-corrected chi connectivity index (χ2v) is 11.2. The molecule has 2 aromatic rings. The van der Waals surface area contributed by atoms with Crippen molar-refractivity contribution < 1.29 is 17.9 Å². The van der Waals surface area contributed by atoms with Gasteiger partial charge in [0.15, 0.2) is 9.84 Å². The van der Waals surface area contributed by atoms with Crippen LogP contribution in [0.4, 0.5) is 0 Å². The van der Waals surface area contributed by atoms with Gasteiger partial charge in [-0.3, -0.25) is 5.41 Å². The zero-order chi connectivity index (χ0) is 20.2. The van der Waals surface area contributed by atoms with Crippen LogP contribution in [0.15, 0.2) is 18.2 Å². The van der Waals surface area contributed by atoms with Crippen LogP contribution in [-0.2, 0) is 20.1 Å². The van der Waals surface area contributed by atoms with Gasteiger partial charge in [0.25, 0.3) is 0 Å². The number of amidine groups is 1. The fourth-order valence-corrected chi connectivity index (χ4v) is 6.37. The van der Waals surface area contributed by atoms with E-state index in [0.717, 1.165) is 4.88 Å². The first-order valence-electron chi connectivity index (χ1n) is 8.08. The Kier molecular flexibility index (Phi) is 4.69. The molecule has 146 valence electrons. The molecule has 7 nitrogen and oxygen atoms in total. The lowest BCUT2D eigenvalue weighted by molar-refractivity contribution is 0.0595. The molecule has 1 fully saturated rings. The maximum Gasteiger partial charge on any atom is 0.354 e. The fourth-order valence-electron chi connectivity index (χ4n) is 2.95. The summed E-state index contributed by atoms with van der Waals surface area (Å²) in [6.07, 6.45) is 0. The second kappa shape index (κ2) is 6.35. The maximum atomic E-state index is 12.7. The number of nitrogens with one attached hydrogen (secondary N) is 3. The van der Waals surface area contributed by atoms with Crippen molar-refractivity contribution in [3.8, 4) is 10.6 Å². The number of carbonyl (C=O) groups is 1. The molecule has 0 unspecified atom stereocenters. The summed E-state index contributed by atoms with van der Waals surface area (Å²) in [6.45, 7) is 4.77. The fraction of sp³-hybridized carbons (Fsp3) is 0.412. The van der Waals surface area contributed by atoms with Gasteiger partial charge in [0, 0.05) is 0 Å². The standard InChI is InChI=1S/C17H20ClN3O4S2/c1-16(2)15(19)21-17(3,8-27(16,23)24)13-9(18)7-12(26-13)10-5-6-11(20-10)14(22)25-4/h5-7,20H,8H2,1-4H3,(H2,19,21)/t17-/m0/s1. The highest BCUT2D eigenvalue weighted by Gasteiger charge is 2.51. The number of ether oxygens (including phenoxy) is 1. The smallest absolute Gasteiger partial charge is 0.354 e. The molecule has 3 rings (SSSR count). The number of hydrogen-bond acceptors (Lipinski definition) is 6. The number of hydrogen-bond donors (Lipinski definition) is 3. The molecule has 0 radical (unpaired) electrons. The van der Waals surface area contributed by atoms with Crippen molar-refractivity contribution in [1.82, 2.24) is 10.3 Å². The van der Waals surface area contributed by atoms with E-state index in [2.05, 4.69) is 15.0 Å². The van der Waals surface area contributed by atoms with E-state index in [1.54, 1.807) is 25.1 Å². The minimum absolute atomic E-state index is 0.0601. The number of sulfone groups is 1. The van der Waals surface area contributed by atoms with Gasteiger partial charge in [-0.05, 0) is 39.0 Å². The van der Waals surface area contributed by atoms with Crippen molar-refractivity contribution in [2.45, 2.75) is 31.1 Å². The molecular formula is C17H20ClN3O4S2. The van der Waals surface area contributed by atoms with Crippen LogP contribution >= 0.6 is 22.9 Å². The third-order valence-corrected chi connectivity index (χ3v) is 9.36. The summed E-state index contributed by atoms with van der Waals surface area (Å²) in [4.78, 5) is 16.0. The Morgan fingerprint density at radius 2 is 2.00 bits per heavy atom. The molecule has 3 N–H and O–H groups in total. The number of thiophene rings is 1. The SMILES string of the molecule is COC(=O)c1ccc(-c2cc(Cl)c([C@]3(C)CS(=O)(=O)C(C)(C)C(=N)N3)s2)[nH]1. The van der Waals surface area contributed by atoms with E-state index < -0.39 is 26.1 Å². The number of H-pyrrole nitrogens is 1. The van der Waals surface area contributed by atoms with Crippen LogP contribution in [0.1, 0.15) is 36.1 Å². The largest absolute Gasteiger partial charge is 0.464 e. The summed E-state index contributed by atoms with van der Waals surface area (Å²) in [5.74, 6) is -0.713. The third-order valence-electron chi connectivity index (χ3n) is 4.80. The predicted molar refractivity (Wildman–Crippen MR) is 107 cm³/mol. The van der Waals surface area contributed by atoms with Gasteiger partial charge in [-0.15, -0.1) is 11.3 Å². The van der Waals surface area contributed by atoms with E-state index in [9.17, 15) is 13.2 Å². The predicted octanol–water partition coefficient (Wildman–Crippen LogP) is 3.17. The van der Waals surface area contributed by atoms with E-state index in [4.69, 9.17) is 17.0 Å². The molecule has 3 heterocycles. The van der Waals surface area contributed by atoms with Crippen LogP contribution in [0, 0.1) is 5.41 Å². The summed E-state index contributed by atoms with van der Waals surface area (Å²) in [6, 6.07) is 5.06. The molecule has 0 aromatic carbocycles. The van der Waals surface area contributed by atoms with Gasteiger partial charge in [0.05, 0.1) is 38.9 Å². The summed E-state index contributed by atoms with van der Waals surface area (Å²) < 4.78 is 28.9. The first-order chi connectivity index (χ1) is 12.4. The molecule has 0 spiro atoms. The van der Waals surface area contributed by atoms with E-state index in [-0.39, 0.29) is 11.6 Å². The number of aromatic nitrogens is 1. The van der Waals surface area contributed by atoms with E-state index >= 15 is 0 Å². The normalized spacial score (nSPS) is 23.7. The van der Waals surface area contributed by atoms with Gasteiger partial charge >= 0.3 is 5.97 Å². The molecule has 1 saturated heterocycles. The van der Waals surface area contributed by atoms with Gasteiger partial charge in [-0.25, -0.2) is 13.2 Å². The Labute approximate surface area is 166 Å². The van der Waals surface area contributed by atoms with Crippen molar-refractivity contribution in [1.29, 1.82) is 5.41 Å². The van der Waals surface area contributed by atoms with Crippen molar-refractivity contribution in [2.24, 2.45) is 0 Å². The highest BCUT2D eigenvalue weighted by atomic mass is 35.5. The molecule has 1 atom stereocenters. The molecular weight excluding hydrogens is 410 g/mol. The minimum Gasteiger partial charge on any atom is -0.464 e. The number of esters is 1. The van der Waals surface area contributed by atoms with Crippen molar-refractivity contribution in [3.63, 3.8) is 0 Å². The Morgan fingerprint density at radius 3 is 2.59 bits per heavy atom. The molecule has 0 bridgehead atoms. The quantitative estimate of drug-likeness (QED) is 0.648. The van der Waals surface area contributed by atoms with Crippen LogP contribution in [-0.4, -0.2) is 42.8 Å². The number of rotatable bonds is 3. The summed E-state index contributed by atoms with van der Waals surface area (Å²) in [5, 5.41) is 11.6. The van der Waals surface area contributed by atoms with E-state index in [1.165, 1.54) is 32.3 Å². The highest BCUT2D eigenvalue weighted by molar-refractivity contribution is 7.93. The van der Waals surface area contributed by atoms with Crippen molar-refractivity contribution in [2.75, 3.05) is 12.9 Å². The average Bonchev–Trinajstić information content (AvgIpc) is 3.19. The Balaban J connectivity index is 2.01. The van der Waals surface area contributed by atoms with Crippen LogP contribution in [0.2, 0.25) is 5.02 Å². The number of carbonyl (C=O) groups excluding carboxylic acids is 1. The minimum atomic E-state index is -3.56. The monoisotopic (exact) mass is 429 g/mol. The molecule has 0 aliphatic carbocycles. The maximum absolute atomic E-state index is 12.7. The summed E-state index contributed by atoms with van der Waals surface area (Å²) in [5.41, 5.74) is -0.0265. The van der Waals surface area contributed by atoms with Gasteiger partial charge in [0.2, 0.25) is 0 Å². The van der Waals surface area contributed by atoms with Gasteiger partial charge < -0.3 is 15.0 Å². The molecule has 0 saturated carbocycles. The topological polar surface area (TPSA) is 112 Å². The summed E-state index contributed by atoms with van der Waals surface area (Å²) >= 11 is 7.74. The Bertz CT molecular complexity index is 1040. The second-order valence-electron chi connectivity index (χ2n) is 7.17. The van der Waals surface area contributed by atoms with E-state index in [1.807, 2.05) is 0 Å². The zero-order valence-electron chi connectivity index (χ0n) is 15.3. The molecule has 0 amide bonds. The van der Waals surface area contributed by atoms with Gasteiger partial charge in [-0.2, -0.15) is 0 Å². The first kappa shape index (κ1) is 19.9. The molecule has 2 aromatic heterocycles. The number of aromatic amines is 1. The molecule has 1 aliphatic heterocycles. The van der Waals surface area contributed by atoms with Crippen LogP contribution < -0.4 is 5.32 Å². The zero-order valence-corrected chi connectivity index (χ0v) is 17.7. The first-order valence-corrected chi connectivity index (χ1v) is 10.9. The van der Waals surface area contributed by atoms with Crippen molar-refractivity contribution >= 4 is 44.6 Å². The van der Waals surface area contributed by atoms with Crippen molar-refractivity contribution in [3.05, 3.63) is 33.8 Å². The van der Waals surface area contributed by atoms with Gasteiger partial charge in [0.1, 0.15) is 16.3 Å². The summed E-state index contributed by atoms with van der Waals surface area (Å²) in [7, 11) is -2.26. The average molecular weight is 430 g/mol. The van der Waals surface area contributed by atoms with E-state index in [0.29, 0.717) is 21.3 Å². The van der Waals surface area contributed by atoms with Gasteiger partial charge in [-0.1, -0.05) is 11.6 Å². The lowest BCUT2D eigenvalue weighted by Crippen LogP contribution is -2.63. The van der Waals surface area contributed by atoms with Crippen LogP contribution in [0.25, 0.3) is 10.6 Å². The van der Waals surface area contributed by atoms with Crippen LogP contribution in [0.3, 0.4) is 0 Å². The molecule has 10 heteroatoms. The molecule has 27 heavy (non-hydrogen) atoms. The Morgan fingerprint density at radius 1 is 1.33 bits per heavy atom. The molecule has 1 aliphatic rings. The number of halogens is 1. The van der Waals surface area contributed by atoms with Crippen LogP contribution in [0.5, 0.6) is 0 Å².